The number of rotatable bonds is 6. The third-order valence-corrected chi connectivity index (χ3v) is 5.42. The first-order valence-corrected chi connectivity index (χ1v) is 9.90. The van der Waals surface area contributed by atoms with Gasteiger partial charge in [0.1, 0.15) is 17.4 Å². The summed E-state index contributed by atoms with van der Waals surface area (Å²) in [5.41, 5.74) is 0.677. The monoisotopic (exact) mass is 431 g/mol. The van der Waals surface area contributed by atoms with Crippen LogP contribution in [0.15, 0.2) is 46.9 Å². The molecule has 8 heteroatoms. The second-order valence-corrected chi connectivity index (χ2v) is 8.63. The topological polar surface area (TPSA) is 54.5 Å². The van der Waals surface area contributed by atoms with Crippen molar-refractivity contribution >= 4 is 31.7 Å². The quantitative estimate of drug-likeness (QED) is 0.704. The molecule has 25 heavy (non-hydrogen) atoms. The fraction of sp³-hybridized carbons (Fsp3) is 0.235. The fourth-order valence-electron chi connectivity index (χ4n) is 2.22. The van der Waals surface area contributed by atoms with Crippen molar-refractivity contribution in [2.75, 3.05) is 12.8 Å². The normalized spacial score (nSPS) is 11.4. The third kappa shape index (κ3) is 5.89. The largest absolute Gasteiger partial charge is 0.340 e. The summed E-state index contributed by atoms with van der Waals surface area (Å²) in [5, 5.41) is 0. The van der Waals surface area contributed by atoms with Crippen LogP contribution in [0.4, 0.5) is 8.78 Å². The molecule has 0 aliphatic carbocycles. The molecule has 0 aliphatic heterocycles. The number of amides is 1. The summed E-state index contributed by atoms with van der Waals surface area (Å²) in [5.74, 6) is -3.10. The molecule has 0 radical (unpaired) electrons. The molecule has 0 aliphatic rings. The predicted molar refractivity (Wildman–Crippen MR) is 94.5 cm³/mol. The van der Waals surface area contributed by atoms with Gasteiger partial charge in [0.15, 0.2) is 9.84 Å². The van der Waals surface area contributed by atoms with E-state index in [2.05, 4.69) is 15.9 Å². The molecule has 0 bridgehead atoms. The van der Waals surface area contributed by atoms with Crippen molar-refractivity contribution in [1.29, 1.82) is 0 Å². The number of halogens is 3. The Bertz CT molecular complexity index is 887. The van der Waals surface area contributed by atoms with E-state index in [1.165, 1.54) is 13.1 Å². The van der Waals surface area contributed by atoms with Crippen molar-refractivity contribution in [1.82, 2.24) is 4.90 Å². The van der Waals surface area contributed by atoms with E-state index in [0.717, 1.165) is 21.5 Å². The summed E-state index contributed by atoms with van der Waals surface area (Å²) in [6.07, 6.45) is 0. The molecule has 0 aromatic heterocycles. The van der Waals surface area contributed by atoms with Gasteiger partial charge in [0.2, 0.25) is 5.91 Å². The van der Waals surface area contributed by atoms with E-state index in [1.807, 2.05) is 0 Å². The number of hydrogen-bond donors (Lipinski definition) is 0. The molecule has 0 atom stereocenters. The van der Waals surface area contributed by atoms with Crippen molar-refractivity contribution in [3.8, 4) is 0 Å². The van der Waals surface area contributed by atoms with E-state index in [0.29, 0.717) is 5.56 Å². The average molecular weight is 432 g/mol. The van der Waals surface area contributed by atoms with Gasteiger partial charge in [0, 0.05) is 29.7 Å². The molecular formula is C17H16BrF2NO3S. The lowest BCUT2D eigenvalue weighted by atomic mass is 10.2. The number of hydrogen-bond acceptors (Lipinski definition) is 3. The summed E-state index contributed by atoms with van der Waals surface area (Å²) in [6.45, 7) is -0.142. The van der Waals surface area contributed by atoms with Crippen LogP contribution in [0.25, 0.3) is 0 Å². The van der Waals surface area contributed by atoms with Crippen LogP contribution in [0.3, 0.4) is 0 Å². The van der Waals surface area contributed by atoms with Gasteiger partial charge in [-0.2, -0.15) is 0 Å². The average Bonchev–Trinajstić information content (AvgIpc) is 2.49. The molecule has 0 unspecified atom stereocenters. The SMILES string of the molecule is CN(Cc1ccc(F)cc1F)C(=O)CS(=O)(=O)Cc1cccc(Br)c1. The first-order valence-electron chi connectivity index (χ1n) is 7.29. The van der Waals surface area contributed by atoms with Crippen LogP contribution < -0.4 is 0 Å². The molecule has 0 fully saturated rings. The molecule has 0 saturated carbocycles. The number of sulfone groups is 1. The number of carbonyl (C=O) groups is 1. The number of benzene rings is 2. The lowest BCUT2D eigenvalue weighted by Crippen LogP contribution is -2.32. The Morgan fingerprint density at radius 3 is 2.52 bits per heavy atom. The number of carbonyl (C=O) groups excluding carboxylic acids is 1. The summed E-state index contributed by atoms with van der Waals surface area (Å²) in [7, 11) is -2.30. The van der Waals surface area contributed by atoms with Crippen molar-refractivity contribution in [2.45, 2.75) is 12.3 Å². The zero-order valence-electron chi connectivity index (χ0n) is 13.4. The molecular weight excluding hydrogens is 416 g/mol. The molecule has 0 saturated heterocycles. The van der Waals surface area contributed by atoms with Gasteiger partial charge in [0.25, 0.3) is 0 Å². The molecule has 2 aromatic carbocycles. The van der Waals surface area contributed by atoms with Crippen LogP contribution in [0.2, 0.25) is 0 Å². The Kier molecular flexibility index (Phi) is 6.29. The Labute approximate surface area is 153 Å². The van der Waals surface area contributed by atoms with Gasteiger partial charge in [-0.05, 0) is 23.8 Å². The van der Waals surface area contributed by atoms with Crippen LogP contribution in [0.5, 0.6) is 0 Å². The van der Waals surface area contributed by atoms with Gasteiger partial charge < -0.3 is 4.90 Å². The van der Waals surface area contributed by atoms with Gasteiger partial charge in [0.05, 0.1) is 5.75 Å². The molecule has 2 rings (SSSR count). The van der Waals surface area contributed by atoms with Gasteiger partial charge in [-0.15, -0.1) is 0 Å². The lowest BCUT2D eigenvalue weighted by molar-refractivity contribution is -0.127. The smallest absolute Gasteiger partial charge is 0.237 e. The van der Waals surface area contributed by atoms with Crippen molar-refractivity contribution in [2.24, 2.45) is 0 Å². The molecule has 0 heterocycles. The minimum Gasteiger partial charge on any atom is -0.340 e. The van der Waals surface area contributed by atoms with Crippen LogP contribution in [-0.4, -0.2) is 32.0 Å². The molecule has 0 N–H and O–H groups in total. The van der Waals surface area contributed by atoms with Gasteiger partial charge in [-0.1, -0.05) is 34.1 Å². The van der Waals surface area contributed by atoms with E-state index in [1.54, 1.807) is 24.3 Å². The molecule has 1 amide bonds. The predicted octanol–water partition coefficient (Wildman–Crippen LogP) is 3.30. The minimum atomic E-state index is -3.67. The summed E-state index contributed by atoms with van der Waals surface area (Å²) < 4.78 is 51.7. The van der Waals surface area contributed by atoms with Crippen molar-refractivity contribution < 1.29 is 22.0 Å². The summed E-state index contributed by atoms with van der Waals surface area (Å²) >= 11 is 3.26. The third-order valence-electron chi connectivity index (χ3n) is 3.47. The zero-order valence-corrected chi connectivity index (χ0v) is 15.8. The molecule has 134 valence electrons. The standard InChI is InChI=1S/C17H16BrF2NO3S/c1-21(9-13-5-6-15(19)8-16(13)20)17(22)11-25(23,24)10-12-3-2-4-14(18)7-12/h2-8H,9-11H2,1H3. The van der Waals surface area contributed by atoms with Crippen LogP contribution >= 0.6 is 15.9 Å². The van der Waals surface area contributed by atoms with Gasteiger partial charge in [-0.25, -0.2) is 17.2 Å². The Balaban J connectivity index is 2.02. The second-order valence-electron chi connectivity index (χ2n) is 5.65. The van der Waals surface area contributed by atoms with Crippen molar-refractivity contribution in [3.05, 3.63) is 69.7 Å². The summed E-state index contributed by atoms with van der Waals surface area (Å²) in [6, 6.07) is 9.83. The maximum atomic E-state index is 13.6. The maximum absolute atomic E-state index is 13.6. The van der Waals surface area contributed by atoms with Crippen LogP contribution in [0.1, 0.15) is 11.1 Å². The number of nitrogens with zero attached hydrogens (tertiary/aromatic N) is 1. The fourth-order valence-corrected chi connectivity index (χ4v) is 4.06. The highest BCUT2D eigenvalue weighted by Crippen LogP contribution is 2.15. The van der Waals surface area contributed by atoms with E-state index >= 15 is 0 Å². The first kappa shape index (κ1) is 19.5. The lowest BCUT2D eigenvalue weighted by Gasteiger charge is -2.18. The van der Waals surface area contributed by atoms with E-state index < -0.39 is 33.1 Å². The highest BCUT2D eigenvalue weighted by atomic mass is 79.9. The van der Waals surface area contributed by atoms with Crippen LogP contribution in [-0.2, 0) is 26.9 Å². The molecule has 4 nitrogen and oxygen atoms in total. The zero-order chi connectivity index (χ0) is 18.6. The summed E-state index contributed by atoms with van der Waals surface area (Å²) in [4.78, 5) is 13.2. The Morgan fingerprint density at radius 1 is 1.16 bits per heavy atom. The minimum absolute atomic E-state index is 0.113. The van der Waals surface area contributed by atoms with Gasteiger partial charge >= 0.3 is 0 Å². The molecule has 0 spiro atoms. The Hall–Kier alpha value is -1.80. The maximum Gasteiger partial charge on any atom is 0.237 e. The van der Waals surface area contributed by atoms with Crippen molar-refractivity contribution in [3.63, 3.8) is 0 Å². The van der Waals surface area contributed by atoms with E-state index in [9.17, 15) is 22.0 Å². The molecule has 2 aromatic rings. The van der Waals surface area contributed by atoms with Gasteiger partial charge in [-0.3, -0.25) is 4.79 Å². The second kappa shape index (κ2) is 8.05. The van der Waals surface area contributed by atoms with E-state index in [4.69, 9.17) is 0 Å². The Morgan fingerprint density at radius 2 is 1.88 bits per heavy atom. The highest BCUT2D eigenvalue weighted by Gasteiger charge is 2.21. The van der Waals surface area contributed by atoms with E-state index in [-0.39, 0.29) is 17.9 Å². The highest BCUT2D eigenvalue weighted by molar-refractivity contribution is 9.10. The van der Waals surface area contributed by atoms with Crippen LogP contribution in [0, 0.1) is 11.6 Å². The first-order chi connectivity index (χ1) is 11.7.